The number of aryl methyl sites for hydroxylation is 1. The van der Waals surface area contributed by atoms with Crippen molar-refractivity contribution in [3.05, 3.63) is 41.5 Å². The Balaban J connectivity index is 2.31. The Bertz CT molecular complexity index is 576. The van der Waals surface area contributed by atoms with Crippen LogP contribution in [0.1, 0.15) is 36.3 Å². The lowest BCUT2D eigenvalue weighted by Crippen LogP contribution is -2.26. The number of hydrogen-bond donors (Lipinski definition) is 1. The van der Waals surface area contributed by atoms with Gasteiger partial charge in [0.25, 0.3) is 0 Å². The first-order valence-electron chi connectivity index (χ1n) is 6.54. The summed E-state index contributed by atoms with van der Waals surface area (Å²) in [6.07, 6.45) is -1.07. The van der Waals surface area contributed by atoms with E-state index in [1.807, 2.05) is 6.92 Å². The molecule has 0 bridgehead atoms. The third-order valence-corrected chi connectivity index (χ3v) is 3.05. The summed E-state index contributed by atoms with van der Waals surface area (Å²) in [5.41, 5.74) is 0.487. The molecule has 0 amide bonds. The Morgan fingerprint density at radius 3 is 2.52 bits per heavy atom. The Morgan fingerprint density at radius 2 is 2.05 bits per heavy atom. The van der Waals surface area contributed by atoms with Crippen molar-refractivity contribution in [2.75, 3.05) is 6.54 Å². The SMILES string of the molecule is CCCNC(c1ccc(C(F)(F)F)cn1)c1cnnn1C. The number of nitrogens with zero attached hydrogens (tertiary/aromatic N) is 4. The monoisotopic (exact) mass is 299 g/mol. The minimum atomic E-state index is -4.38. The summed E-state index contributed by atoms with van der Waals surface area (Å²) in [7, 11) is 1.73. The van der Waals surface area contributed by atoms with Gasteiger partial charge in [0.15, 0.2) is 0 Å². The van der Waals surface area contributed by atoms with Crippen LogP contribution < -0.4 is 5.32 Å². The Hall–Kier alpha value is -1.96. The van der Waals surface area contributed by atoms with Crippen molar-refractivity contribution in [3.8, 4) is 0 Å². The normalized spacial score (nSPS) is 13.4. The van der Waals surface area contributed by atoms with E-state index < -0.39 is 11.7 Å². The summed E-state index contributed by atoms with van der Waals surface area (Å²) in [5.74, 6) is 0. The van der Waals surface area contributed by atoms with Crippen LogP contribution in [-0.4, -0.2) is 26.5 Å². The van der Waals surface area contributed by atoms with E-state index in [-0.39, 0.29) is 6.04 Å². The third-order valence-electron chi connectivity index (χ3n) is 3.05. The second kappa shape index (κ2) is 6.21. The Morgan fingerprint density at radius 1 is 1.29 bits per heavy atom. The molecule has 5 nitrogen and oxygen atoms in total. The van der Waals surface area contributed by atoms with Crippen molar-refractivity contribution in [2.45, 2.75) is 25.6 Å². The van der Waals surface area contributed by atoms with E-state index in [4.69, 9.17) is 0 Å². The van der Waals surface area contributed by atoms with Crippen LogP contribution in [0.15, 0.2) is 24.5 Å². The molecule has 8 heteroatoms. The van der Waals surface area contributed by atoms with Gasteiger partial charge in [-0.2, -0.15) is 13.2 Å². The first-order chi connectivity index (χ1) is 9.93. The topological polar surface area (TPSA) is 55.6 Å². The third kappa shape index (κ3) is 3.57. The zero-order valence-corrected chi connectivity index (χ0v) is 11.7. The van der Waals surface area contributed by atoms with Gasteiger partial charge in [-0.1, -0.05) is 12.1 Å². The van der Waals surface area contributed by atoms with E-state index in [9.17, 15) is 13.2 Å². The van der Waals surface area contributed by atoms with Crippen molar-refractivity contribution >= 4 is 0 Å². The van der Waals surface area contributed by atoms with Crippen LogP contribution >= 0.6 is 0 Å². The van der Waals surface area contributed by atoms with Crippen LogP contribution in [-0.2, 0) is 13.2 Å². The molecule has 0 aliphatic carbocycles. The number of hydrogen-bond acceptors (Lipinski definition) is 4. The van der Waals surface area contributed by atoms with Crippen LogP contribution in [0.4, 0.5) is 13.2 Å². The molecule has 1 unspecified atom stereocenters. The van der Waals surface area contributed by atoms with E-state index in [0.717, 1.165) is 24.4 Å². The summed E-state index contributed by atoms with van der Waals surface area (Å²) in [6, 6.07) is 2.07. The fraction of sp³-hybridized carbons (Fsp3) is 0.462. The molecule has 2 aromatic rings. The highest BCUT2D eigenvalue weighted by Crippen LogP contribution is 2.29. The summed E-state index contributed by atoms with van der Waals surface area (Å²) < 4.78 is 39.3. The Labute approximate surface area is 120 Å². The molecule has 2 rings (SSSR count). The van der Waals surface area contributed by atoms with Gasteiger partial charge >= 0.3 is 6.18 Å². The maximum Gasteiger partial charge on any atom is 0.417 e. The van der Waals surface area contributed by atoms with E-state index >= 15 is 0 Å². The van der Waals surface area contributed by atoms with E-state index in [1.54, 1.807) is 17.9 Å². The van der Waals surface area contributed by atoms with Crippen molar-refractivity contribution in [1.82, 2.24) is 25.3 Å². The molecule has 0 aliphatic heterocycles. The molecule has 0 fully saturated rings. The van der Waals surface area contributed by atoms with Crippen molar-refractivity contribution in [2.24, 2.45) is 7.05 Å². The highest BCUT2D eigenvalue weighted by Gasteiger charge is 2.31. The van der Waals surface area contributed by atoms with Gasteiger partial charge in [-0.25, -0.2) is 0 Å². The first-order valence-corrected chi connectivity index (χ1v) is 6.54. The minimum absolute atomic E-state index is 0.341. The van der Waals surface area contributed by atoms with E-state index in [0.29, 0.717) is 12.2 Å². The van der Waals surface area contributed by atoms with Gasteiger partial charge in [0.1, 0.15) is 0 Å². The quantitative estimate of drug-likeness (QED) is 0.920. The van der Waals surface area contributed by atoms with Gasteiger partial charge in [0.2, 0.25) is 0 Å². The van der Waals surface area contributed by atoms with Gasteiger partial charge < -0.3 is 5.32 Å². The predicted molar refractivity (Wildman–Crippen MR) is 70.4 cm³/mol. The summed E-state index contributed by atoms with van der Waals surface area (Å²) in [5, 5.41) is 10.9. The van der Waals surface area contributed by atoms with Crippen LogP contribution in [0.5, 0.6) is 0 Å². The van der Waals surface area contributed by atoms with Crippen molar-refractivity contribution < 1.29 is 13.2 Å². The molecule has 1 N–H and O–H groups in total. The zero-order chi connectivity index (χ0) is 15.5. The average molecular weight is 299 g/mol. The van der Waals surface area contributed by atoms with Crippen LogP contribution in [0.2, 0.25) is 0 Å². The van der Waals surface area contributed by atoms with Gasteiger partial charge in [-0.15, -0.1) is 5.10 Å². The maximum absolute atomic E-state index is 12.6. The maximum atomic E-state index is 12.6. The van der Waals surface area contributed by atoms with Crippen LogP contribution in [0, 0.1) is 0 Å². The minimum Gasteiger partial charge on any atom is -0.304 e. The predicted octanol–water partition coefficient (Wildman–Crippen LogP) is 2.32. The van der Waals surface area contributed by atoms with Gasteiger partial charge in [0.05, 0.1) is 29.2 Å². The molecule has 2 heterocycles. The standard InChI is InChI=1S/C13H16F3N5/c1-3-6-17-12(11-8-19-20-21(11)2)10-5-4-9(7-18-10)13(14,15)16/h4-5,7-8,12,17H,3,6H2,1-2H3. The molecular weight excluding hydrogens is 283 g/mol. The molecule has 0 aliphatic rings. The van der Waals surface area contributed by atoms with Gasteiger partial charge in [0, 0.05) is 13.2 Å². The zero-order valence-electron chi connectivity index (χ0n) is 11.7. The van der Waals surface area contributed by atoms with Crippen LogP contribution in [0.25, 0.3) is 0 Å². The molecule has 0 aromatic carbocycles. The fourth-order valence-corrected chi connectivity index (χ4v) is 1.95. The highest BCUT2D eigenvalue weighted by atomic mass is 19.4. The first kappa shape index (κ1) is 15.4. The summed E-state index contributed by atoms with van der Waals surface area (Å²) in [4.78, 5) is 3.94. The van der Waals surface area contributed by atoms with Gasteiger partial charge in [-0.05, 0) is 25.1 Å². The molecule has 1 atom stereocenters. The second-order valence-electron chi connectivity index (χ2n) is 4.64. The van der Waals surface area contributed by atoms with Gasteiger partial charge in [-0.3, -0.25) is 9.67 Å². The molecule has 21 heavy (non-hydrogen) atoms. The lowest BCUT2D eigenvalue weighted by molar-refractivity contribution is -0.137. The second-order valence-corrected chi connectivity index (χ2v) is 4.64. The number of alkyl halides is 3. The molecule has 0 saturated heterocycles. The number of rotatable bonds is 5. The lowest BCUT2D eigenvalue weighted by atomic mass is 10.1. The van der Waals surface area contributed by atoms with Crippen molar-refractivity contribution in [1.29, 1.82) is 0 Å². The van der Waals surface area contributed by atoms with Crippen LogP contribution in [0.3, 0.4) is 0 Å². The number of pyridine rings is 1. The highest BCUT2D eigenvalue weighted by molar-refractivity contribution is 5.24. The van der Waals surface area contributed by atoms with E-state index in [2.05, 4.69) is 20.6 Å². The Kier molecular flexibility index (Phi) is 4.56. The molecule has 114 valence electrons. The molecular formula is C13H16F3N5. The smallest absolute Gasteiger partial charge is 0.304 e. The number of nitrogens with one attached hydrogen (secondary N) is 1. The largest absolute Gasteiger partial charge is 0.417 e. The summed E-state index contributed by atoms with van der Waals surface area (Å²) >= 11 is 0. The number of aromatic nitrogens is 4. The molecule has 2 aromatic heterocycles. The van der Waals surface area contributed by atoms with E-state index in [1.165, 1.54) is 6.07 Å². The van der Waals surface area contributed by atoms with Crippen molar-refractivity contribution in [3.63, 3.8) is 0 Å². The number of halogens is 3. The fourth-order valence-electron chi connectivity index (χ4n) is 1.95. The lowest BCUT2D eigenvalue weighted by Gasteiger charge is -2.18. The molecule has 0 saturated carbocycles. The average Bonchev–Trinajstić information content (AvgIpc) is 2.85. The summed E-state index contributed by atoms with van der Waals surface area (Å²) in [6.45, 7) is 2.71. The molecule has 0 radical (unpaired) electrons. The molecule has 0 spiro atoms.